The maximum absolute atomic E-state index is 4.75. The van der Waals surface area contributed by atoms with Gasteiger partial charge in [-0.2, -0.15) is 0 Å². The minimum Gasteiger partial charge on any atom is -0.354 e. The molecule has 0 amide bonds. The van der Waals surface area contributed by atoms with E-state index >= 15 is 0 Å². The van der Waals surface area contributed by atoms with Crippen LogP contribution in [0.5, 0.6) is 0 Å². The molecule has 0 saturated carbocycles. The zero-order chi connectivity index (χ0) is 12.7. The molecule has 0 atom stereocenters. The van der Waals surface area contributed by atoms with E-state index in [4.69, 9.17) is 4.98 Å². The van der Waals surface area contributed by atoms with Crippen LogP contribution in [0.2, 0.25) is 0 Å². The van der Waals surface area contributed by atoms with E-state index in [1.165, 1.54) is 16.9 Å². The molecule has 0 saturated heterocycles. The Balaban J connectivity index is 2.11. The van der Waals surface area contributed by atoms with Crippen molar-refractivity contribution < 1.29 is 0 Å². The molecule has 0 radical (unpaired) electrons. The Bertz CT molecular complexity index is 578. The summed E-state index contributed by atoms with van der Waals surface area (Å²) in [6, 6.07) is 12.6. The fourth-order valence-electron chi connectivity index (χ4n) is 2.33. The summed E-state index contributed by atoms with van der Waals surface area (Å²) in [7, 11) is 2.11. The number of hydrogen-bond acceptors (Lipinski definition) is 3. The van der Waals surface area contributed by atoms with Gasteiger partial charge in [-0.05, 0) is 37.6 Å². The minimum absolute atomic E-state index is 0.856. The second kappa shape index (κ2) is 4.02. The summed E-state index contributed by atoms with van der Waals surface area (Å²) in [4.78, 5) is 9.24. The molecule has 3 rings (SSSR count). The highest BCUT2D eigenvalue weighted by Crippen LogP contribution is 2.38. The van der Waals surface area contributed by atoms with Crippen LogP contribution < -0.4 is 9.80 Å². The van der Waals surface area contributed by atoms with Crippen molar-refractivity contribution in [1.29, 1.82) is 0 Å². The molecule has 1 aliphatic rings. The van der Waals surface area contributed by atoms with Gasteiger partial charge in [-0.3, -0.25) is 0 Å². The molecule has 0 N–H and O–H groups in total. The van der Waals surface area contributed by atoms with E-state index in [9.17, 15) is 0 Å². The van der Waals surface area contributed by atoms with Crippen molar-refractivity contribution in [2.75, 3.05) is 23.5 Å². The van der Waals surface area contributed by atoms with E-state index in [-0.39, 0.29) is 0 Å². The fourth-order valence-corrected chi connectivity index (χ4v) is 2.33. The minimum atomic E-state index is 0.856. The van der Waals surface area contributed by atoms with E-state index in [2.05, 4.69) is 61.0 Å². The molecule has 0 unspecified atom stereocenters. The number of aryl methyl sites for hydroxylation is 2. The summed E-state index contributed by atoms with van der Waals surface area (Å²) < 4.78 is 0. The lowest BCUT2D eigenvalue weighted by Crippen LogP contribution is -2.24. The van der Waals surface area contributed by atoms with Crippen LogP contribution in [0.4, 0.5) is 17.2 Å². The highest BCUT2D eigenvalue weighted by atomic mass is 15.4. The Kier molecular flexibility index (Phi) is 2.47. The van der Waals surface area contributed by atoms with Crippen LogP contribution in [-0.4, -0.2) is 18.7 Å². The zero-order valence-electron chi connectivity index (χ0n) is 11.0. The average molecular weight is 239 g/mol. The number of rotatable bonds is 1. The lowest BCUT2D eigenvalue weighted by atomic mass is 10.2. The number of aromatic nitrogens is 1. The molecule has 0 aliphatic carbocycles. The number of para-hydroxylation sites is 1. The molecule has 1 aliphatic heterocycles. The molecular weight excluding hydrogens is 222 g/mol. The number of fused-ring (bicyclic) bond motifs is 1. The average Bonchev–Trinajstić information content (AvgIpc) is 2.69. The van der Waals surface area contributed by atoms with Crippen LogP contribution in [0.25, 0.3) is 0 Å². The third-order valence-corrected chi connectivity index (χ3v) is 3.51. The highest BCUT2D eigenvalue weighted by Gasteiger charge is 2.26. The van der Waals surface area contributed by atoms with Gasteiger partial charge in [0.05, 0.1) is 12.4 Å². The third-order valence-electron chi connectivity index (χ3n) is 3.51. The molecule has 18 heavy (non-hydrogen) atoms. The van der Waals surface area contributed by atoms with Crippen molar-refractivity contribution in [3.05, 3.63) is 47.7 Å². The predicted molar refractivity (Wildman–Crippen MR) is 75.6 cm³/mol. The summed E-state index contributed by atoms with van der Waals surface area (Å²) in [6.45, 7) is 5.04. The van der Waals surface area contributed by atoms with E-state index < -0.39 is 0 Å². The molecule has 2 aromatic rings. The molecule has 0 fully saturated rings. The van der Waals surface area contributed by atoms with Crippen molar-refractivity contribution in [3.63, 3.8) is 0 Å². The molecule has 3 nitrogen and oxygen atoms in total. The SMILES string of the molecule is Cc1cc2c(nc1C)N(c1ccccc1)CN2C. The predicted octanol–water partition coefficient (Wildman–Crippen LogP) is 3.24. The van der Waals surface area contributed by atoms with Crippen molar-refractivity contribution in [2.24, 2.45) is 0 Å². The van der Waals surface area contributed by atoms with Gasteiger partial charge in [0, 0.05) is 18.4 Å². The largest absolute Gasteiger partial charge is 0.354 e. The fraction of sp³-hybridized carbons (Fsp3) is 0.267. The second-order valence-electron chi connectivity index (χ2n) is 4.84. The lowest BCUT2D eigenvalue weighted by molar-refractivity contribution is 0.943. The Morgan fingerprint density at radius 3 is 2.56 bits per heavy atom. The summed E-state index contributed by atoms with van der Waals surface area (Å²) in [6.07, 6.45) is 0. The Morgan fingerprint density at radius 1 is 1.11 bits per heavy atom. The monoisotopic (exact) mass is 239 g/mol. The first-order valence-corrected chi connectivity index (χ1v) is 6.19. The van der Waals surface area contributed by atoms with Crippen LogP contribution in [0, 0.1) is 13.8 Å². The number of pyridine rings is 1. The van der Waals surface area contributed by atoms with E-state index in [1.807, 2.05) is 6.07 Å². The molecule has 0 spiro atoms. The Labute approximate surface area is 108 Å². The maximum Gasteiger partial charge on any atom is 0.158 e. The first-order chi connectivity index (χ1) is 8.66. The van der Waals surface area contributed by atoms with Gasteiger partial charge in [0.25, 0.3) is 0 Å². The van der Waals surface area contributed by atoms with Crippen LogP contribution in [0.15, 0.2) is 36.4 Å². The first-order valence-electron chi connectivity index (χ1n) is 6.19. The van der Waals surface area contributed by atoms with Crippen LogP contribution >= 0.6 is 0 Å². The topological polar surface area (TPSA) is 19.4 Å². The zero-order valence-corrected chi connectivity index (χ0v) is 11.0. The van der Waals surface area contributed by atoms with Gasteiger partial charge in [-0.1, -0.05) is 18.2 Å². The maximum atomic E-state index is 4.75. The van der Waals surface area contributed by atoms with E-state index in [1.54, 1.807) is 0 Å². The quantitative estimate of drug-likeness (QED) is 0.761. The second-order valence-corrected chi connectivity index (χ2v) is 4.84. The standard InChI is InChI=1S/C15H17N3/c1-11-9-14-15(16-12(11)2)18(10-17(14)3)13-7-5-4-6-8-13/h4-9H,10H2,1-3H3. The van der Waals surface area contributed by atoms with Crippen molar-refractivity contribution in [3.8, 4) is 0 Å². The van der Waals surface area contributed by atoms with Gasteiger partial charge >= 0.3 is 0 Å². The van der Waals surface area contributed by atoms with Crippen molar-refractivity contribution >= 4 is 17.2 Å². The third kappa shape index (κ3) is 1.63. The summed E-state index contributed by atoms with van der Waals surface area (Å²) in [5.41, 5.74) is 4.75. The van der Waals surface area contributed by atoms with Gasteiger partial charge in [0.1, 0.15) is 0 Å². The van der Waals surface area contributed by atoms with E-state index in [0.29, 0.717) is 0 Å². The van der Waals surface area contributed by atoms with Crippen LogP contribution in [0.3, 0.4) is 0 Å². The first kappa shape index (κ1) is 11.1. The molecule has 3 heteroatoms. The number of nitrogens with zero attached hydrogens (tertiary/aromatic N) is 3. The Hall–Kier alpha value is -2.03. The molecule has 2 heterocycles. The van der Waals surface area contributed by atoms with E-state index in [0.717, 1.165) is 18.2 Å². The molecule has 1 aromatic heterocycles. The molecule has 1 aromatic carbocycles. The van der Waals surface area contributed by atoms with Gasteiger partial charge in [-0.25, -0.2) is 4.98 Å². The van der Waals surface area contributed by atoms with Crippen LogP contribution in [-0.2, 0) is 0 Å². The highest BCUT2D eigenvalue weighted by molar-refractivity contribution is 5.79. The molecule has 92 valence electrons. The lowest BCUT2D eigenvalue weighted by Gasteiger charge is -2.18. The Morgan fingerprint density at radius 2 is 1.83 bits per heavy atom. The smallest absolute Gasteiger partial charge is 0.158 e. The van der Waals surface area contributed by atoms with Gasteiger partial charge in [0.15, 0.2) is 5.82 Å². The summed E-state index contributed by atoms with van der Waals surface area (Å²) >= 11 is 0. The summed E-state index contributed by atoms with van der Waals surface area (Å²) in [5.74, 6) is 1.06. The normalized spacial score (nSPS) is 13.9. The number of benzene rings is 1. The van der Waals surface area contributed by atoms with Crippen molar-refractivity contribution in [2.45, 2.75) is 13.8 Å². The number of anilines is 3. The van der Waals surface area contributed by atoms with Gasteiger partial charge in [0.2, 0.25) is 0 Å². The molecular formula is C15H17N3. The van der Waals surface area contributed by atoms with Crippen molar-refractivity contribution in [1.82, 2.24) is 4.98 Å². The molecule has 0 bridgehead atoms. The summed E-state index contributed by atoms with van der Waals surface area (Å²) in [5, 5.41) is 0. The van der Waals surface area contributed by atoms with Gasteiger partial charge in [-0.15, -0.1) is 0 Å². The number of hydrogen-bond donors (Lipinski definition) is 0. The van der Waals surface area contributed by atoms with Crippen LogP contribution in [0.1, 0.15) is 11.3 Å². The van der Waals surface area contributed by atoms with Gasteiger partial charge < -0.3 is 9.80 Å².